The lowest BCUT2D eigenvalue weighted by atomic mass is 10.1. The number of hydrogen-bond acceptors (Lipinski definition) is 2. The normalized spacial score (nSPS) is 12.7. The van der Waals surface area contributed by atoms with E-state index in [0.29, 0.717) is 10.2 Å². The Labute approximate surface area is 127 Å². The highest BCUT2D eigenvalue weighted by Gasteiger charge is 2.14. The van der Waals surface area contributed by atoms with Gasteiger partial charge in [0.1, 0.15) is 17.3 Å². The van der Waals surface area contributed by atoms with Gasteiger partial charge in [-0.15, -0.1) is 0 Å². The van der Waals surface area contributed by atoms with Crippen LogP contribution in [-0.4, -0.2) is 6.54 Å². The van der Waals surface area contributed by atoms with Crippen LogP contribution in [0.25, 0.3) is 11.3 Å². The summed E-state index contributed by atoms with van der Waals surface area (Å²) in [7, 11) is 0. The van der Waals surface area contributed by atoms with Gasteiger partial charge in [0, 0.05) is 5.56 Å². The Balaban J connectivity index is 2.27. The maximum atomic E-state index is 13.7. The zero-order valence-electron chi connectivity index (χ0n) is 12.0. The topological polar surface area (TPSA) is 25.2 Å². The standard InChI is InChI=1S/C16H19BrFNO/c1-4-7-19-11(3)15-5-6-16(20-15)12-9-14(18)13(17)8-10(12)2/h5-6,8-9,11,19H,4,7H2,1-3H3. The molecule has 0 spiro atoms. The van der Waals surface area contributed by atoms with Crippen molar-refractivity contribution in [3.8, 4) is 11.3 Å². The van der Waals surface area contributed by atoms with E-state index >= 15 is 0 Å². The van der Waals surface area contributed by atoms with Crippen LogP contribution in [0.4, 0.5) is 4.39 Å². The molecule has 20 heavy (non-hydrogen) atoms. The second-order valence-corrected chi connectivity index (χ2v) is 5.81. The molecule has 0 saturated carbocycles. The first-order valence-electron chi connectivity index (χ1n) is 6.82. The summed E-state index contributed by atoms with van der Waals surface area (Å²) in [5, 5.41) is 3.37. The number of halogens is 2. The third-order valence-corrected chi connectivity index (χ3v) is 3.89. The summed E-state index contributed by atoms with van der Waals surface area (Å²) >= 11 is 3.19. The molecule has 0 saturated heterocycles. The zero-order valence-corrected chi connectivity index (χ0v) is 13.6. The SMILES string of the molecule is CCCNC(C)c1ccc(-c2cc(F)c(Br)cc2C)o1. The van der Waals surface area contributed by atoms with E-state index in [4.69, 9.17) is 4.42 Å². The molecule has 1 heterocycles. The number of nitrogens with one attached hydrogen (secondary N) is 1. The van der Waals surface area contributed by atoms with Crippen LogP contribution < -0.4 is 5.32 Å². The minimum absolute atomic E-state index is 0.157. The van der Waals surface area contributed by atoms with Gasteiger partial charge in [0.2, 0.25) is 0 Å². The molecule has 0 aliphatic rings. The van der Waals surface area contributed by atoms with E-state index in [1.807, 2.05) is 19.1 Å². The van der Waals surface area contributed by atoms with Crippen molar-refractivity contribution in [2.45, 2.75) is 33.2 Å². The predicted molar refractivity (Wildman–Crippen MR) is 83.2 cm³/mol. The fraction of sp³-hybridized carbons (Fsp3) is 0.375. The predicted octanol–water partition coefficient (Wildman–Crippen LogP) is 5.22. The Morgan fingerprint density at radius 2 is 2.10 bits per heavy atom. The van der Waals surface area contributed by atoms with Crippen molar-refractivity contribution in [1.82, 2.24) is 5.32 Å². The van der Waals surface area contributed by atoms with Gasteiger partial charge >= 0.3 is 0 Å². The first-order chi connectivity index (χ1) is 9.52. The van der Waals surface area contributed by atoms with Gasteiger partial charge in [-0.2, -0.15) is 0 Å². The van der Waals surface area contributed by atoms with Crippen molar-refractivity contribution < 1.29 is 8.81 Å². The monoisotopic (exact) mass is 339 g/mol. The number of aryl methyl sites for hydroxylation is 1. The first kappa shape index (κ1) is 15.3. The van der Waals surface area contributed by atoms with E-state index in [1.54, 1.807) is 6.07 Å². The molecule has 2 aromatic rings. The molecule has 0 radical (unpaired) electrons. The summed E-state index contributed by atoms with van der Waals surface area (Å²) in [6, 6.07) is 7.28. The first-order valence-corrected chi connectivity index (χ1v) is 7.61. The maximum absolute atomic E-state index is 13.7. The molecule has 0 aliphatic carbocycles. The molecule has 1 N–H and O–H groups in total. The Kier molecular flexibility index (Phi) is 5.00. The number of rotatable bonds is 5. The Hall–Kier alpha value is -1.13. The molecule has 0 fully saturated rings. The number of hydrogen-bond donors (Lipinski definition) is 1. The fourth-order valence-corrected chi connectivity index (χ4v) is 2.56. The summed E-state index contributed by atoms with van der Waals surface area (Å²) in [6.07, 6.45) is 1.08. The molecule has 0 bridgehead atoms. The molecular weight excluding hydrogens is 321 g/mol. The molecular formula is C16H19BrFNO. The molecule has 0 aliphatic heterocycles. The van der Waals surface area contributed by atoms with E-state index in [9.17, 15) is 4.39 Å². The maximum Gasteiger partial charge on any atom is 0.138 e. The third kappa shape index (κ3) is 3.30. The lowest BCUT2D eigenvalue weighted by molar-refractivity contribution is 0.438. The average molecular weight is 340 g/mol. The molecule has 0 amide bonds. The van der Waals surface area contributed by atoms with Crippen LogP contribution in [0.2, 0.25) is 0 Å². The molecule has 1 unspecified atom stereocenters. The smallest absolute Gasteiger partial charge is 0.138 e. The van der Waals surface area contributed by atoms with Crippen LogP contribution in [0, 0.1) is 12.7 Å². The fourth-order valence-electron chi connectivity index (χ4n) is 2.10. The Bertz CT molecular complexity index is 594. The van der Waals surface area contributed by atoms with Gasteiger partial charge in [0.15, 0.2) is 0 Å². The Morgan fingerprint density at radius 3 is 2.80 bits per heavy atom. The second-order valence-electron chi connectivity index (χ2n) is 4.96. The molecule has 4 heteroatoms. The van der Waals surface area contributed by atoms with Crippen LogP contribution in [0.1, 0.15) is 37.6 Å². The van der Waals surface area contributed by atoms with Crippen LogP contribution in [0.3, 0.4) is 0 Å². The summed E-state index contributed by atoms with van der Waals surface area (Å²) in [5.74, 6) is 1.30. The lowest BCUT2D eigenvalue weighted by Gasteiger charge is -2.10. The van der Waals surface area contributed by atoms with E-state index in [-0.39, 0.29) is 11.9 Å². The molecule has 1 aromatic heterocycles. The molecule has 2 nitrogen and oxygen atoms in total. The lowest BCUT2D eigenvalue weighted by Crippen LogP contribution is -2.18. The van der Waals surface area contributed by atoms with Crippen molar-refractivity contribution in [1.29, 1.82) is 0 Å². The highest BCUT2D eigenvalue weighted by atomic mass is 79.9. The van der Waals surface area contributed by atoms with Crippen LogP contribution in [-0.2, 0) is 0 Å². The summed E-state index contributed by atoms with van der Waals surface area (Å²) in [6.45, 7) is 7.08. The van der Waals surface area contributed by atoms with Gasteiger partial charge in [-0.05, 0) is 72.6 Å². The minimum atomic E-state index is -0.277. The van der Waals surface area contributed by atoms with Crippen LogP contribution in [0.5, 0.6) is 0 Å². The molecule has 2 rings (SSSR count). The van der Waals surface area contributed by atoms with E-state index < -0.39 is 0 Å². The number of furan rings is 1. The summed E-state index contributed by atoms with van der Waals surface area (Å²) < 4.78 is 20.0. The molecule has 1 atom stereocenters. The van der Waals surface area contributed by atoms with Gasteiger partial charge in [-0.25, -0.2) is 4.39 Å². The van der Waals surface area contributed by atoms with Gasteiger partial charge in [-0.1, -0.05) is 6.92 Å². The summed E-state index contributed by atoms with van der Waals surface area (Å²) in [5.41, 5.74) is 1.77. The van der Waals surface area contributed by atoms with Crippen molar-refractivity contribution in [2.75, 3.05) is 6.54 Å². The van der Waals surface area contributed by atoms with Gasteiger partial charge < -0.3 is 9.73 Å². The zero-order chi connectivity index (χ0) is 14.7. The second kappa shape index (κ2) is 6.55. The van der Waals surface area contributed by atoms with Crippen molar-refractivity contribution in [3.63, 3.8) is 0 Å². The summed E-state index contributed by atoms with van der Waals surface area (Å²) in [4.78, 5) is 0. The minimum Gasteiger partial charge on any atom is -0.459 e. The largest absolute Gasteiger partial charge is 0.459 e. The molecule has 1 aromatic carbocycles. The number of benzene rings is 1. The Morgan fingerprint density at radius 1 is 1.35 bits per heavy atom. The van der Waals surface area contributed by atoms with Crippen molar-refractivity contribution in [2.24, 2.45) is 0 Å². The average Bonchev–Trinajstić information content (AvgIpc) is 2.89. The van der Waals surface area contributed by atoms with E-state index in [0.717, 1.165) is 29.9 Å². The van der Waals surface area contributed by atoms with Gasteiger partial charge in [0.25, 0.3) is 0 Å². The van der Waals surface area contributed by atoms with Gasteiger partial charge in [-0.3, -0.25) is 0 Å². The molecule has 108 valence electrons. The van der Waals surface area contributed by atoms with Crippen molar-refractivity contribution in [3.05, 3.63) is 45.9 Å². The van der Waals surface area contributed by atoms with Gasteiger partial charge in [0.05, 0.1) is 10.5 Å². The quantitative estimate of drug-likeness (QED) is 0.807. The van der Waals surface area contributed by atoms with E-state index in [2.05, 4.69) is 35.1 Å². The highest BCUT2D eigenvalue weighted by Crippen LogP contribution is 2.31. The third-order valence-electron chi connectivity index (χ3n) is 3.29. The van der Waals surface area contributed by atoms with Crippen molar-refractivity contribution >= 4 is 15.9 Å². The van der Waals surface area contributed by atoms with Crippen LogP contribution in [0.15, 0.2) is 33.2 Å². The van der Waals surface area contributed by atoms with Crippen LogP contribution >= 0.6 is 15.9 Å². The van der Waals surface area contributed by atoms with E-state index in [1.165, 1.54) is 6.07 Å². The highest BCUT2D eigenvalue weighted by molar-refractivity contribution is 9.10.